The molecule has 28 heavy (non-hydrogen) atoms. The number of rotatable bonds is 3. The number of carbonyl (C=O) groups is 2. The molecule has 0 aliphatic rings. The third-order valence-corrected chi connectivity index (χ3v) is 4.92. The van der Waals surface area contributed by atoms with Crippen molar-refractivity contribution in [1.29, 1.82) is 0 Å². The second kappa shape index (κ2) is 6.56. The molecule has 6 nitrogen and oxygen atoms in total. The zero-order valence-electron chi connectivity index (χ0n) is 15.8. The van der Waals surface area contributed by atoms with Crippen LogP contribution in [0.25, 0.3) is 21.9 Å². The fraction of sp³-hybridized carbons (Fsp3) is 0.182. The summed E-state index contributed by atoms with van der Waals surface area (Å²) in [5.74, 6) is -1.02. The molecule has 0 saturated carbocycles. The van der Waals surface area contributed by atoms with Gasteiger partial charge in [0.1, 0.15) is 16.7 Å². The van der Waals surface area contributed by atoms with Gasteiger partial charge >= 0.3 is 5.97 Å². The summed E-state index contributed by atoms with van der Waals surface area (Å²) in [4.78, 5) is 29.8. The fourth-order valence-corrected chi connectivity index (χ4v) is 3.67. The maximum atomic E-state index is 12.6. The highest BCUT2D eigenvalue weighted by Crippen LogP contribution is 2.44. The van der Waals surface area contributed by atoms with Crippen molar-refractivity contribution in [2.45, 2.75) is 26.3 Å². The van der Waals surface area contributed by atoms with E-state index < -0.39 is 17.4 Å². The lowest BCUT2D eigenvalue weighted by Crippen LogP contribution is -2.48. The van der Waals surface area contributed by atoms with Gasteiger partial charge in [-0.1, -0.05) is 36.4 Å². The molecule has 4 aromatic rings. The van der Waals surface area contributed by atoms with Crippen molar-refractivity contribution >= 4 is 33.8 Å². The molecule has 0 N–H and O–H groups in total. The number of fused-ring (bicyclic) bond motifs is 2. The molecular weight excluding hydrogens is 358 g/mol. The number of para-hydroxylation sites is 2. The van der Waals surface area contributed by atoms with E-state index in [-0.39, 0.29) is 0 Å². The number of hydrogen-bond acceptors (Lipinski definition) is 5. The average Bonchev–Trinajstić information content (AvgIpc) is 3.30. The van der Waals surface area contributed by atoms with Gasteiger partial charge in [-0.15, -0.1) is 0 Å². The summed E-state index contributed by atoms with van der Waals surface area (Å²) in [5.41, 5.74) is 1.54. The van der Waals surface area contributed by atoms with Gasteiger partial charge in [-0.25, -0.2) is 0 Å². The highest BCUT2D eigenvalue weighted by atomic mass is 16.7. The summed E-state index contributed by atoms with van der Waals surface area (Å²) in [7, 11) is 0. The molecule has 0 unspecified atom stereocenters. The summed E-state index contributed by atoms with van der Waals surface area (Å²) in [6.45, 7) is 4.43. The maximum absolute atomic E-state index is 12.6. The Kier molecular flexibility index (Phi) is 4.19. The van der Waals surface area contributed by atoms with Crippen molar-refractivity contribution < 1.29 is 23.3 Å². The van der Waals surface area contributed by atoms with Crippen LogP contribution < -0.4 is 0 Å². The molecule has 0 spiro atoms. The van der Waals surface area contributed by atoms with E-state index in [0.29, 0.717) is 22.3 Å². The van der Waals surface area contributed by atoms with E-state index in [4.69, 9.17) is 13.7 Å². The lowest BCUT2D eigenvalue weighted by Gasteiger charge is -2.37. The van der Waals surface area contributed by atoms with E-state index in [1.807, 2.05) is 55.5 Å². The Balaban J connectivity index is 2.06. The molecule has 142 valence electrons. The molecule has 0 atom stereocenters. The van der Waals surface area contributed by atoms with E-state index in [0.717, 1.165) is 15.8 Å². The smallest absolute Gasteiger partial charge is 0.329 e. The molecule has 2 aromatic carbocycles. The van der Waals surface area contributed by atoms with Crippen LogP contribution in [0.15, 0.2) is 69.9 Å². The van der Waals surface area contributed by atoms with Gasteiger partial charge in [0, 0.05) is 35.7 Å². The maximum Gasteiger partial charge on any atom is 0.329 e. The standard InChI is InChI=1S/C22H19NO5/c1-14(24)23(28-15(2)25)22(3,18-12-26-20-10-6-4-8-16(18)20)19-13-27-21-11-7-5-9-17(19)21/h4-13H,1-3H3. The second-order valence-electron chi connectivity index (χ2n) is 6.76. The number of nitrogens with zero attached hydrogens (tertiary/aromatic N) is 1. The molecule has 2 aromatic heterocycles. The van der Waals surface area contributed by atoms with Gasteiger partial charge in [0.25, 0.3) is 5.91 Å². The molecule has 0 aliphatic heterocycles. The zero-order chi connectivity index (χ0) is 19.9. The van der Waals surface area contributed by atoms with Gasteiger partial charge in [-0.05, 0) is 19.1 Å². The molecule has 6 heteroatoms. The van der Waals surface area contributed by atoms with Crippen LogP contribution in [-0.4, -0.2) is 16.9 Å². The summed E-state index contributed by atoms with van der Waals surface area (Å²) in [6, 6.07) is 15.0. The Hall–Kier alpha value is -3.54. The van der Waals surface area contributed by atoms with Crippen LogP contribution >= 0.6 is 0 Å². The number of hydroxylamine groups is 2. The van der Waals surface area contributed by atoms with Crippen LogP contribution in [0.1, 0.15) is 31.9 Å². The molecule has 4 rings (SSSR count). The molecule has 0 radical (unpaired) electrons. The van der Waals surface area contributed by atoms with E-state index in [1.54, 1.807) is 12.5 Å². The van der Waals surface area contributed by atoms with E-state index in [2.05, 4.69) is 0 Å². The Morgan fingerprint density at radius 1 is 0.857 bits per heavy atom. The van der Waals surface area contributed by atoms with Gasteiger partial charge in [0.15, 0.2) is 0 Å². The highest BCUT2D eigenvalue weighted by molar-refractivity contribution is 5.89. The lowest BCUT2D eigenvalue weighted by molar-refractivity contribution is -0.214. The van der Waals surface area contributed by atoms with Gasteiger partial charge in [0.05, 0.1) is 12.5 Å². The lowest BCUT2D eigenvalue weighted by atomic mass is 9.83. The first-order valence-corrected chi connectivity index (χ1v) is 8.85. The average molecular weight is 377 g/mol. The number of hydrogen-bond donors (Lipinski definition) is 0. The summed E-state index contributed by atoms with van der Waals surface area (Å²) in [5, 5.41) is 2.71. The minimum Gasteiger partial charge on any atom is -0.464 e. The largest absolute Gasteiger partial charge is 0.464 e. The van der Waals surface area contributed by atoms with Crippen molar-refractivity contribution in [3.05, 3.63) is 72.2 Å². The molecule has 2 heterocycles. The molecule has 0 fully saturated rings. The quantitative estimate of drug-likeness (QED) is 0.481. The van der Waals surface area contributed by atoms with Crippen molar-refractivity contribution in [1.82, 2.24) is 5.06 Å². The molecule has 1 amide bonds. The van der Waals surface area contributed by atoms with Crippen LogP contribution in [0, 0.1) is 0 Å². The van der Waals surface area contributed by atoms with E-state index in [9.17, 15) is 9.59 Å². The van der Waals surface area contributed by atoms with Gasteiger partial charge in [-0.3, -0.25) is 9.59 Å². The molecule has 0 saturated heterocycles. The number of furan rings is 2. The second-order valence-corrected chi connectivity index (χ2v) is 6.76. The Morgan fingerprint density at radius 3 is 1.75 bits per heavy atom. The summed E-state index contributed by atoms with van der Waals surface area (Å²) < 4.78 is 11.5. The van der Waals surface area contributed by atoms with Crippen LogP contribution in [-0.2, 0) is 20.0 Å². The van der Waals surface area contributed by atoms with Crippen LogP contribution in [0.3, 0.4) is 0 Å². The van der Waals surface area contributed by atoms with Crippen molar-refractivity contribution in [2.75, 3.05) is 0 Å². The van der Waals surface area contributed by atoms with Crippen molar-refractivity contribution in [3.8, 4) is 0 Å². The third kappa shape index (κ3) is 2.65. The topological polar surface area (TPSA) is 72.9 Å². The Bertz CT molecular complexity index is 1110. The minimum absolute atomic E-state index is 0.423. The predicted molar refractivity (Wildman–Crippen MR) is 103 cm³/mol. The van der Waals surface area contributed by atoms with Gasteiger partial charge < -0.3 is 13.7 Å². The molecular formula is C22H19NO5. The Labute approximate surface area is 161 Å². The SMILES string of the molecule is CC(=O)ON(C(C)=O)C(C)(c1coc2ccccc12)c1coc2ccccc12. The van der Waals surface area contributed by atoms with Gasteiger partial charge in [-0.2, -0.15) is 5.06 Å². The van der Waals surface area contributed by atoms with Gasteiger partial charge in [0.2, 0.25) is 0 Å². The van der Waals surface area contributed by atoms with E-state index >= 15 is 0 Å². The normalized spacial score (nSPS) is 11.7. The zero-order valence-corrected chi connectivity index (χ0v) is 15.8. The number of amides is 1. The van der Waals surface area contributed by atoms with Crippen LogP contribution in [0.2, 0.25) is 0 Å². The summed E-state index contributed by atoms with van der Waals surface area (Å²) in [6.07, 6.45) is 3.18. The first kappa shape index (κ1) is 17.9. The van der Waals surface area contributed by atoms with E-state index in [1.165, 1.54) is 13.8 Å². The highest BCUT2D eigenvalue weighted by Gasteiger charge is 2.44. The third-order valence-electron chi connectivity index (χ3n) is 4.92. The molecule has 0 aliphatic carbocycles. The van der Waals surface area contributed by atoms with Crippen molar-refractivity contribution in [3.63, 3.8) is 0 Å². The molecule has 0 bridgehead atoms. The van der Waals surface area contributed by atoms with Crippen molar-refractivity contribution in [2.24, 2.45) is 0 Å². The predicted octanol–water partition coefficient (Wildman–Crippen LogP) is 4.77. The monoisotopic (exact) mass is 377 g/mol. The number of carbonyl (C=O) groups excluding carboxylic acids is 2. The first-order valence-electron chi connectivity index (χ1n) is 8.85. The first-order chi connectivity index (χ1) is 13.4. The fourth-order valence-electron chi connectivity index (χ4n) is 3.67. The Morgan fingerprint density at radius 2 is 1.32 bits per heavy atom. The minimum atomic E-state index is -1.17. The van der Waals surface area contributed by atoms with Crippen LogP contribution in [0.5, 0.6) is 0 Å². The van der Waals surface area contributed by atoms with Crippen LogP contribution in [0.4, 0.5) is 0 Å². The number of benzene rings is 2. The summed E-state index contributed by atoms with van der Waals surface area (Å²) >= 11 is 0.